The highest BCUT2D eigenvalue weighted by atomic mass is 32.2. The molecule has 0 saturated carbocycles. The highest BCUT2D eigenvalue weighted by molar-refractivity contribution is 7.98. The van der Waals surface area contributed by atoms with Crippen LogP contribution in [0.2, 0.25) is 0 Å². The molecule has 1 aromatic heterocycles. The number of hydrogen-bond acceptors (Lipinski definition) is 6. The monoisotopic (exact) mass is 303 g/mol. The molecule has 0 radical (unpaired) electrons. The summed E-state index contributed by atoms with van der Waals surface area (Å²) in [7, 11) is 0. The van der Waals surface area contributed by atoms with E-state index in [9.17, 15) is 9.90 Å². The van der Waals surface area contributed by atoms with Crippen molar-refractivity contribution in [2.75, 3.05) is 12.9 Å². The van der Waals surface area contributed by atoms with Gasteiger partial charge in [0.2, 0.25) is 0 Å². The van der Waals surface area contributed by atoms with Gasteiger partial charge in [-0.2, -0.15) is 5.26 Å². The third-order valence-electron chi connectivity index (χ3n) is 2.74. The molecule has 0 saturated heterocycles. The first-order chi connectivity index (χ1) is 10.1. The van der Waals surface area contributed by atoms with Crippen LogP contribution in [0.4, 0.5) is 0 Å². The van der Waals surface area contributed by atoms with Crippen molar-refractivity contribution in [3.8, 4) is 28.8 Å². The van der Waals surface area contributed by atoms with Crippen molar-refractivity contribution in [1.29, 1.82) is 5.26 Å². The minimum absolute atomic E-state index is 0.00552. The summed E-state index contributed by atoms with van der Waals surface area (Å²) in [6, 6.07) is 6.46. The van der Waals surface area contributed by atoms with Crippen molar-refractivity contribution in [1.82, 2.24) is 9.97 Å². The lowest BCUT2D eigenvalue weighted by Crippen LogP contribution is -2.14. The molecule has 7 heteroatoms. The van der Waals surface area contributed by atoms with Crippen LogP contribution in [-0.2, 0) is 0 Å². The second-order valence-corrected chi connectivity index (χ2v) is 4.82. The van der Waals surface area contributed by atoms with Gasteiger partial charge in [0, 0.05) is 5.56 Å². The number of benzene rings is 1. The Morgan fingerprint density at radius 3 is 2.90 bits per heavy atom. The number of nitriles is 1. The molecular weight excluding hydrogens is 290 g/mol. The number of aromatic nitrogens is 2. The molecule has 6 nitrogen and oxygen atoms in total. The molecule has 1 heterocycles. The highest BCUT2D eigenvalue weighted by Crippen LogP contribution is 2.32. The normalized spacial score (nSPS) is 10.1. The van der Waals surface area contributed by atoms with Crippen molar-refractivity contribution in [3.63, 3.8) is 0 Å². The van der Waals surface area contributed by atoms with E-state index in [0.717, 1.165) is 0 Å². The summed E-state index contributed by atoms with van der Waals surface area (Å²) in [6.07, 6.45) is 1.77. The van der Waals surface area contributed by atoms with Gasteiger partial charge in [0.1, 0.15) is 11.6 Å². The first-order valence-electron chi connectivity index (χ1n) is 6.15. The second kappa shape index (κ2) is 6.33. The Balaban J connectivity index is 2.66. The van der Waals surface area contributed by atoms with Gasteiger partial charge in [-0.15, -0.1) is 0 Å². The standard InChI is InChI=1S/C14H13N3O3S/c1-3-20-11-6-8(4-5-10(11)18)12-9(7-15)13(19)17-14(16-12)21-2/h4-6,18H,3H2,1-2H3,(H,16,17,19). The van der Waals surface area contributed by atoms with Crippen LogP contribution < -0.4 is 10.3 Å². The molecule has 0 amide bonds. The fourth-order valence-corrected chi connectivity index (χ4v) is 2.17. The quantitative estimate of drug-likeness (QED) is 0.663. The fourth-order valence-electron chi connectivity index (χ4n) is 1.79. The smallest absolute Gasteiger partial charge is 0.270 e. The van der Waals surface area contributed by atoms with Crippen LogP contribution in [0, 0.1) is 11.3 Å². The number of aromatic amines is 1. The summed E-state index contributed by atoms with van der Waals surface area (Å²) in [5.41, 5.74) is 0.250. The van der Waals surface area contributed by atoms with Gasteiger partial charge < -0.3 is 14.8 Å². The fraction of sp³-hybridized carbons (Fsp3) is 0.214. The Morgan fingerprint density at radius 2 is 2.29 bits per heavy atom. The minimum Gasteiger partial charge on any atom is -0.504 e. The van der Waals surface area contributed by atoms with Gasteiger partial charge in [0.05, 0.1) is 12.3 Å². The Kier molecular flexibility index (Phi) is 4.50. The SMILES string of the molecule is CCOc1cc(-c2nc(SC)[nH]c(=O)c2C#N)ccc1O. The number of nitrogens with one attached hydrogen (secondary N) is 1. The van der Waals surface area contributed by atoms with Crippen LogP contribution in [0.5, 0.6) is 11.5 Å². The Labute approximate surface area is 125 Å². The number of hydrogen-bond donors (Lipinski definition) is 2. The number of phenols is 1. The van der Waals surface area contributed by atoms with Gasteiger partial charge in [0.25, 0.3) is 5.56 Å². The van der Waals surface area contributed by atoms with Crippen LogP contribution in [0.1, 0.15) is 12.5 Å². The molecule has 0 atom stereocenters. The summed E-state index contributed by atoms with van der Waals surface area (Å²) < 4.78 is 5.31. The van der Waals surface area contributed by atoms with Crippen LogP contribution in [0.25, 0.3) is 11.3 Å². The average Bonchev–Trinajstić information content (AvgIpc) is 2.49. The Hall–Kier alpha value is -2.46. The number of thioether (sulfide) groups is 1. The lowest BCUT2D eigenvalue weighted by Gasteiger charge is -2.09. The van der Waals surface area contributed by atoms with E-state index < -0.39 is 5.56 Å². The maximum atomic E-state index is 11.9. The zero-order chi connectivity index (χ0) is 15.4. The van der Waals surface area contributed by atoms with E-state index in [1.165, 1.54) is 17.8 Å². The van der Waals surface area contributed by atoms with E-state index >= 15 is 0 Å². The number of rotatable bonds is 4. The van der Waals surface area contributed by atoms with Crippen LogP contribution in [-0.4, -0.2) is 27.9 Å². The van der Waals surface area contributed by atoms with Crippen LogP contribution in [0.15, 0.2) is 28.2 Å². The predicted octanol–water partition coefficient (Wildman–Crippen LogP) is 2.13. The zero-order valence-corrected chi connectivity index (χ0v) is 12.3. The molecular formula is C14H13N3O3S. The van der Waals surface area contributed by atoms with Crippen molar-refractivity contribution in [2.45, 2.75) is 12.1 Å². The first-order valence-corrected chi connectivity index (χ1v) is 7.37. The molecule has 21 heavy (non-hydrogen) atoms. The molecule has 0 unspecified atom stereocenters. The molecule has 0 aliphatic rings. The van der Waals surface area contributed by atoms with Gasteiger partial charge in [-0.1, -0.05) is 11.8 Å². The first kappa shape index (κ1) is 14.9. The number of H-pyrrole nitrogens is 1. The van der Waals surface area contributed by atoms with Crippen molar-refractivity contribution in [3.05, 3.63) is 34.1 Å². The summed E-state index contributed by atoms with van der Waals surface area (Å²) in [6.45, 7) is 2.19. The van der Waals surface area contributed by atoms with Gasteiger partial charge >= 0.3 is 0 Å². The number of ether oxygens (including phenoxy) is 1. The molecule has 1 aromatic carbocycles. The van der Waals surface area contributed by atoms with Crippen molar-refractivity contribution in [2.24, 2.45) is 0 Å². The van der Waals surface area contributed by atoms with E-state index in [1.54, 1.807) is 25.3 Å². The second-order valence-electron chi connectivity index (χ2n) is 4.03. The summed E-state index contributed by atoms with van der Waals surface area (Å²) in [4.78, 5) is 18.7. The lowest BCUT2D eigenvalue weighted by molar-refractivity contribution is 0.318. The van der Waals surface area contributed by atoms with Crippen LogP contribution in [0.3, 0.4) is 0 Å². The topological polar surface area (TPSA) is 99.0 Å². The molecule has 108 valence electrons. The molecule has 0 bridgehead atoms. The Morgan fingerprint density at radius 1 is 1.52 bits per heavy atom. The van der Waals surface area contributed by atoms with Crippen LogP contribution >= 0.6 is 11.8 Å². The third kappa shape index (κ3) is 3.01. The molecule has 0 fully saturated rings. The average molecular weight is 303 g/mol. The summed E-state index contributed by atoms with van der Waals surface area (Å²) in [5.74, 6) is 0.278. The number of nitrogens with zero attached hydrogens (tertiary/aromatic N) is 2. The third-order valence-corrected chi connectivity index (χ3v) is 3.32. The number of aromatic hydroxyl groups is 1. The molecule has 2 aromatic rings. The molecule has 0 aliphatic heterocycles. The minimum atomic E-state index is -0.488. The lowest BCUT2D eigenvalue weighted by atomic mass is 10.1. The predicted molar refractivity (Wildman–Crippen MR) is 79.6 cm³/mol. The summed E-state index contributed by atoms with van der Waals surface area (Å²) in [5, 5.41) is 19.3. The van der Waals surface area contributed by atoms with Crippen molar-refractivity contribution >= 4 is 11.8 Å². The largest absolute Gasteiger partial charge is 0.504 e. The maximum Gasteiger partial charge on any atom is 0.270 e. The van der Waals surface area contributed by atoms with Gasteiger partial charge in [-0.05, 0) is 31.4 Å². The van der Waals surface area contributed by atoms with Gasteiger partial charge in [0.15, 0.2) is 16.7 Å². The van der Waals surface area contributed by atoms with E-state index in [0.29, 0.717) is 17.3 Å². The molecule has 2 N–H and O–H groups in total. The van der Waals surface area contributed by atoms with E-state index in [-0.39, 0.29) is 22.8 Å². The van der Waals surface area contributed by atoms with E-state index in [4.69, 9.17) is 10.00 Å². The van der Waals surface area contributed by atoms with E-state index in [1.807, 2.05) is 6.07 Å². The number of phenolic OH excluding ortho intramolecular Hbond substituents is 1. The highest BCUT2D eigenvalue weighted by Gasteiger charge is 2.15. The maximum absolute atomic E-state index is 11.9. The van der Waals surface area contributed by atoms with Gasteiger partial charge in [-0.3, -0.25) is 4.79 Å². The van der Waals surface area contributed by atoms with E-state index in [2.05, 4.69) is 9.97 Å². The molecule has 0 aliphatic carbocycles. The molecule has 2 rings (SSSR count). The Bertz CT molecular complexity index is 765. The summed E-state index contributed by atoms with van der Waals surface area (Å²) >= 11 is 1.27. The molecule has 0 spiro atoms. The van der Waals surface area contributed by atoms with Gasteiger partial charge in [-0.25, -0.2) is 4.98 Å². The van der Waals surface area contributed by atoms with Crippen molar-refractivity contribution < 1.29 is 9.84 Å². The zero-order valence-electron chi connectivity index (χ0n) is 11.5.